The van der Waals surface area contributed by atoms with E-state index in [0.29, 0.717) is 0 Å². The zero-order valence-corrected chi connectivity index (χ0v) is 9.14. The zero-order chi connectivity index (χ0) is 11.4. The van der Waals surface area contributed by atoms with E-state index in [2.05, 4.69) is 4.98 Å². The molecule has 2 rings (SSSR count). The Morgan fingerprint density at radius 1 is 1.25 bits per heavy atom. The first kappa shape index (κ1) is 10.5. The minimum Gasteiger partial charge on any atom is -0.497 e. The standard InChI is InChI=1S/C12H14N2O2/c1-15-11-6-3-9(4-7-11)2-5-10-8-16-12(13)14-10/h3-4,6-8H,2,5H2,1H3,(H2,13,14). The summed E-state index contributed by atoms with van der Waals surface area (Å²) in [6, 6.07) is 8.22. The molecule has 0 saturated heterocycles. The summed E-state index contributed by atoms with van der Waals surface area (Å²) in [5.74, 6) is 0.870. The fraction of sp³-hybridized carbons (Fsp3) is 0.250. The van der Waals surface area contributed by atoms with Crippen molar-refractivity contribution in [1.29, 1.82) is 0 Å². The van der Waals surface area contributed by atoms with Crippen LogP contribution in [-0.4, -0.2) is 12.1 Å². The van der Waals surface area contributed by atoms with Crippen LogP contribution < -0.4 is 10.5 Å². The van der Waals surface area contributed by atoms with Gasteiger partial charge in [0.05, 0.1) is 12.8 Å². The molecule has 0 aliphatic carbocycles. The van der Waals surface area contributed by atoms with Gasteiger partial charge in [-0.3, -0.25) is 0 Å². The molecule has 0 spiro atoms. The summed E-state index contributed by atoms with van der Waals surface area (Å²) in [6.07, 6.45) is 3.34. The molecule has 2 N–H and O–H groups in total. The number of benzene rings is 1. The van der Waals surface area contributed by atoms with E-state index in [1.54, 1.807) is 13.4 Å². The molecule has 84 valence electrons. The van der Waals surface area contributed by atoms with E-state index in [1.807, 2.05) is 24.3 Å². The normalized spacial score (nSPS) is 10.3. The van der Waals surface area contributed by atoms with Gasteiger partial charge in [-0.15, -0.1) is 0 Å². The van der Waals surface area contributed by atoms with Crippen molar-refractivity contribution < 1.29 is 9.15 Å². The Balaban J connectivity index is 1.94. The molecular formula is C12H14N2O2. The Bertz CT molecular complexity index is 448. The first-order valence-electron chi connectivity index (χ1n) is 5.11. The number of nitrogens with zero attached hydrogens (tertiary/aromatic N) is 1. The zero-order valence-electron chi connectivity index (χ0n) is 9.14. The van der Waals surface area contributed by atoms with Gasteiger partial charge in [0.1, 0.15) is 12.0 Å². The molecule has 4 nitrogen and oxygen atoms in total. The summed E-state index contributed by atoms with van der Waals surface area (Å²) in [6.45, 7) is 0. The molecule has 0 bridgehead atoms. The van der Waals surface area contributed by atoms with Crippen LogP contribution in [0.1, 0.15) is 11.3 Å². The minimum absolute atomic E-state index is 0.227. The predicted molar refractivity (Wildman–Crippen MR) is 61.3 cm³/mol. The van der Waals surface area contributed by atoms with Gasteiger partial charge >= 0.3 is 0 Å². The summed E-state index contributed by atoms with van der Waals surface area (Å²) >= 11 is 0. The number of hydrogen-bond acceptors (Lipinski definition) is 4. The number of nitrogens with two attached hydrogens (primary N) is 1. The van der Waals surface area contributed by atoms with Crippen molar-refractivity contribution in [2.24, 2.45) is 0 Å². The van der Waals surface area contributed by atoms with Gasteiger partial charge in [-0.05, 0) is 30.5 Å². The predicted octanol–water partition coefficient (Wildman–Crippen LogP) is 2.05. The molecule has 16 heavy (non-hydrogen) atoms. The van der Waals surface area contributed by atoms with Crippen LogP contribution >= 0.6 is 0 Å². The van der Waals surface area contributed by atoms with Crippen LogP contribution in [0.25, 0.3) is 0 Å². The SMILES string of the molecule is COc1ccc(CCc2coc(N)n2)cc1. The highest BCUT2D eigenvalue weighted by molar-refractivity contribution is 5.27. The number of ether oxygens (including phenoxy) is 1. The Hall–Kier alpha value is -1.97. The molecule has 0 aliphatic heterocycles. The maximum atomic E-state index is 5.39. The lowest BCUT2D eigenvalue weighted by molar-refractivity contribution is 0.414. The highest BCUT2D eigenvalue weighted by Crippen LogP contribution is 2.13. The van der Waals surface area contributed by atoms with Crippen molar-refractivity contribution in [3.63, 3.8) is 0 Å². The van der Waals surface area contributed by atoms with E-state index in [4.69, 9.17) is 14.9 Å². The Morgan fingerprint density at radius 3 is 2.56 bits per heavy atom. The number of anilines is 1. The summed E-state index contributed by atoms with van der Waals surface area (Å²) in [7, 11) is 1.66. The number of hydrogen-bond donors (Lipinski definition) is 1. The van der Waals surface area contributed by atoms with Crippen molar-refractivity contribution in [1.82, 2.24) is 4.98 Å². The number of rotatable bonds is 4. The van der Waals surface area contributed by atoms with E-state index in [9.17, 15) is 0 Å². The summed E-state index contributed by atoms with van der Waals surface area (Å²) in [5, 5.41) is 0. The Morgan fingerprint density at radius 2 is 2.00 bits per heavy atom. The van der Waals surface area contributed by atoms with E-state index in [-0.39, 0.29) is 6.01 Å². The van der Waals surface area contributed by atoms with Gasteiger partial charge in [-0.2, -0.15) is 4.98 Å². The van der Waals surface area contributed by atoms with Gasteiger partial charge in [0.2, 0.25) is 0 Å². The molecule has 1 aromatic carbocycles. The molecule has 0 atom stereocenters. The molecule has 0 radical (unpaired) electrons. The summed E-state index contributed by atoms with van der Waals surface area (Å²) < 4.78 is 10.0. The number of methoxy groups -OCH3 is 1. The molecule has 1 heterocycles. The van der Waals surface area contributed by atoms with Crippen molar-refractivity contribution in [2.75, 3.05) is 12.8 Å². The lowest BCUT2D eigenvalue weighted by Crippen LogP contribution is -1.93. The Labute approximate surface area is 94.1 Å². The average Bonchev–Trinajstić information content (AvgIpc) is 2.73. The largest absolute Gasteiger partial charge is 0.497 e. The van der Waals surface area contributed by atoms with E-state index < -0.39 is 0 Å². The number of oxazole rings is 1. The third kappa shape index (κ3) is 2.53. The van der Waals surface area contributed by atoms with Gasteiger partial charge < -0.3 is 14.9 Å². The lowest BCUT2D eigenvalue weighted by atomic mass is 10.1. The molecule has 4 heteroatoms. The average molecular weight is 218 g/mol. The van der Waals surface area contributed by atoms with Gasteiger partial charge in [-0.25, -0.2) is 0 Å². The van der Waals surface area contributed by atoms with E-state index in [0.717, 1.165) is 24.3 Å². The van der Waals surface area contributed by atoms with Crippen molar-refractivity contribution in [3.05, 3.63) is 41.8 Å². The number of nitrogen functional groups attached to an aromatic ring is 1. The summed E-state index contributed by atoms with van der Waals surface area (Å²) in [4.78, 5) is 4.05. The smallest absolute Gasteiger partial charge is 0.292 e. The maximum Gasteiger partial charge on any atom is 0.292 e. The quantitative estimate of drug-likeness (QED) is 0.853. The van der Waals surface area contributed by atoms with E-state index in [1.165, 1.54) is 5.56 Å². The third-order valence-electron chi connectivity index (χ3n) is 2.40. The van der Waals surface area contributed by atoms with Gasteiger partial charge in [-0.1, -0.05) is 12.1 Å². The van der Waals surface area contributed by atoms with Gasteiger partial charge in [0, 0.05) is 0 Å². The van der Waals surface area contributed by atoms with E-state index >= 15 is 0 Å². The molecular weight excluding hydrogens is 204 g/mol. The van der Waals surface area contributed by atoms with Crippen LogP contribution in [-0.2, 0) is 12.8 Å². The molecule has 0 amide bonds. The van der Waals surface area contributed by atoms with Crippen molar-refractivity contribution in [2.45, 2.75) is 12.8 Å². The van der Waals surface area contributed by atoms with Gasteiger partial charge in [0.25, 0.3) is 6.01 Å². The van der Waals surface area contributed by atoms with Crippen LogP contribution in [0.5, 0.6) is 5.75 Å². The monoisotopic (exact) mass is 218 g/mol. The van der Waals surface area contributed by atoms with Crippen molar-refractivity contribution in [3.8, 4) is 5.75 Å². The Kier molecular flexibility index (Phi) is 3.10. The highest BCUT2D eigenvalue weighted by Gasteiger charge is 2.01. The van der Waals surface area contributed by atoms with Crippen LogP contribution in [0, 0.1) is 0 Å². The second kappa shape index (κ2) is 4.70. The first-order chi connectivity index (χ1) is 7.78. The van der Waals surface area contributed by atoms with Gasteiger partial charge in [0.15, 0.2) is 0 Å². The van der Waals surface area contributed by atoms with Crippen LogP contribution in [0.3, 0.4) is 0 Å². The second-order valence-electron chi connectivity index (χ2n) is 3.53. The maximum absolute atomic E-state index is 5.39. The molecule has 1 aromatic heterocycles. The van der Waals surface area contributed by atoms with Crippen LogP contribution in [0.4, 0.5) is 6.01 Å². The summed E-state index contributed by atoms with van der Waals surface area (Å²) in [5.41, 5.74) is 7.51. The molecule has 0 aliphatic rings. The third-order valence-corrected chi connectivity index (χ3v) is 2.40. The van der Waals surface area contributed by atoms with Crippen molar-refractivity contribution >= 4 is 6.01 Å². The second-order valence-corrected chi connectivity index (χ2v) is 3.53. The molecule has 2 aromatic rings. The molecule has 0 fully saturated rings. The highest BCUT2D eigenvalue weighted by atomic mass is 16.5. The number of aryl methyl sites for hydroxylation is 2. The fourth-order valence-electron chi connectivity index (χ4n) is 1.50. The minimum atomic E-state index is 0.227. The van der Waals surface area contributed by atoms with Crippen LogP contribution in [0.15, 0.2) is 34.9 Å². The number of aromatic nitrogens is 1. The first-order valence-corrected chi connectivity index (χ1v) is 5.11. The molecule has 0 saturated carbocycles. The van der Waals surface area contributed by atoms with Crippen LogP contribution in [0.2, 0.25) is 0 Å². The fourth-order valence-corrected chi connectivity index (χ4v) is 1.50. The topological polar surface area (TPSA) is 61.3 Å². The lowest BCUT2D eigenvalue weighted by Gasteiger charge is -2.01. The molecule has 0 unspecified atom stereocenters.